The van der Waals surface area contributed by atoms with Crippen LogP contribution in [0.25, 0.3) is 0 Å². The lowest BCUT2D eigenvalue weighted by Crippen LogP contribution is -2.53. The van der Waals surface area contributed by atoms with Crippen molar-refractivity contribution in [3.05, 3.63) is 29.8 Å². The zero-order valence-corrected chi connectivity index (χ0v) is 25.4. The summed E-state index contributed by atoms with van der Waals surface area (Å²) in [7, 11) is 1.51. The molecule has 0 saturated carbocycles. The Morgan fingerprint density at radius 2 is 1.41 bits per heavy atom. The van der Waals surface area contributed by atoms with Gasteiger partial charge in [0.2, 0.25) is 0 Å². The highest BCUT2D eigenvalue weighted by molar-refractivity contribution is 5.84. The Bertz CT molecular complexity index is 928. The molecule has 0 heterocycles. The summed E-state index contributed by atoms with van der Waals surface area (Å²) in [5.74, 6) is -1.12. The highest BCUT2D eigenvalue weighted by Crippen LogP contribution is 2.20. The highest BCUT2D eigenvalue weighted by atomic mass is 16.6. The molecule has 3 N–H and O–H groups in total. The van der Waals surface area contributed by atoms with Crippen molar-refractivity contribution in [3.63, 3.8) is 0 Å². The van der Waals surface area contributed by atoms with Gasteiger partial charge in [0.15, 0.2) is 0 Å². The quantitative estimate of drug-likeness (QED) is 0.376. The van der Waals surface area contributed by atoms with Gasteiger partial charge in [0.05, 0.1) is 12.5 Å². The summed E-state index contributed by atoms with van der Waals surface area (Å²) >= 11 is 0. The topological polar surface area (TPSA) is 129 Å². The van der Waals surface area contributed by atoms with E-state index < -0.39 is 41.1 Å². The largest absolute Gasteiger partial charge is 0.488 e. The summed E-state index contributed by atoms with van der Waals surface area (Å²) in [6, 6.07) is 5.82. The van der Waals surface area contributed by atoms with Crippen LogP contribution in [0.2, 0.25) is 0 Å². The number of benzene rings is 1. The third kappa shape index (κ3) is 14.2. The molecule has 0 radical (unpaired) electrons. The molecule has 222 valence electrons. The van der Waals surface area contributed by atoms with Crippen LogP contribution in [0.15, 0.2) is 24.3 Å². The van der Waals surface area contributed by atoms with E-state index in [0.29, 0.717) is 5.75 Å². The van der Waals surface area contributed by atoms with Crippen molar-refractivity contribution >= 4 is 18.0 Å². The van der Waals surface area contributed by atoms with Gasteiger partial charge in [-0.2, -0.15) is 0 Å². The number of urea groups is 1. The first kappa shape index (κ1) is 34.2. The number of rotatable bonds is 12. The number of nitrogens with two attached hydrogens (primary N) is 1. The van der Waals surface area contributed by atoms with Crippen molar-refractivity contribution in [2.75, 3.05) is 33.4 Å². The molecule has 10 heteroatoms. The lowest BCUT2D eigenvalue weighted by Gasteiger charge is -2.30. The SMILES string of the molecule is COCCN(C[C@@H](CN)C(=O)OC(C)(C)C)C(=O)N[C@@H](Cc1ccc(OC(C)(C)C)cc1)C(=O)OC(C)(C)C. The number of hydrogen-bond acceptors (Lipinski definition) is 8. The van der Waals surface area contributed by atoms with Gasteiger partial charge in [0.1, 0.15) is 28.6 Å². The number of nitrogens with zero attached hydrogens (tertiary/aromatic N) is 1. The molecule has 0 aliphatic carbocycles. The van der Waals surface area contributed by atoms with Crippen molar-refractivity contribution in [1.82, 2.24) is 10.2 Å². The molecular weight excluding hydrogens is 502 g/mol. The van der Waals surface area contributed by atoms with Crippen molar-refractivity contribution < 1.29 is 33.3 Å². The van der Waals surface area contributed by atoms with Gasteiger partial charge >= 0.3 is 18.0 Å². The Labute approximate surface area is 233 Å². The first-order valence-electron chi connectivity index (χ1n) is 13.3. The fourth-order valence-corrected chi connectivity index (χ4v) is 3.46. The third-order valence-corrected chi connectivity index (χ3v) is 5.09. The molecule has 0 saturated heterocycles. The van der Waals surface area contributed by atoms with E-state index >= 15 is 0 Å². The molecule has 0 aliphatic rings. The lowest BCUT2D eigenvalue weighted by molar-refractivity contribution is -0.160. The monoisotopic (exact) mass is 551 g/mol. The Hall–Kier alpha value is -2.85. The van der Waals surface area contributed by atoms with E-state index in [1.807, 2.05) is 45.0 Å². The van der Waals surface area contributed by atoms with Gasteiger partial charge in [-0.25, -0.2) is 9.59 Å². The van der Waals surface area contributed by atoms with E-state index in [0.717, 1.165) is 5.56 Å². The molecule has 10 nitrogen and oxygen atoms in total. The third-order valence-electron chi connectivity index (χ3n) is 5.09. The van der Waals surface area contributed by atoms with Crippen molar-refractivity contribution in [3.8, 4) is 5.75 Å². The summed E-state index contributed by atoms with van der Waals surface area (Å²) < 4.78 is 22.1. The molecule has 0 spiro atoms. The zero-order valence-electron chi connectivity index (χ0n) is 25.4. The first-order chi connectivity index (χ1) is 17.8. The van der Waals surface area contributed by atoms with E-state index in [-0.39, 0.29) is 38.3 Å². The highest BCUT2D eigenvalue weighted by Gasteiger charge is 2.31. The number of methoxy groups -OCH3 is 1. The maximum Gasteiger partial charge on any atom is 0.329 e. The lowest BCUT2D eigenvalue weighted by atomic mass is 10.0. The first-order valence-corrected chi connectivity index (χ1v) is 13.3. The number of nitrogens with one attached hydrogen (secondary N) is 1. The minimum atomic E-state index is -0.978. The minimum Gasteiger partial charge on any atom is -0.488 e. The van der Waals surface area contributed by atoms with E-state index in [9.17, 15) is 14.4 Å². The van der Waals surface area contributed by atoms with Crippen LogP contribution in [0.3, 0.4) is 0 Å². The predicted octanol–water partition coefficient (Wildman–Crippen LogP) is 3.69. The fourth-order valence-electron chi connectivity index (χ4n) is 3.46. The molecule has 0 unspecified atom stereocenters. The van der Waals surface area contributed by atoms with Crippen LogP contribution in [-0.2, 0) is 30.2 Å². The van der Waals surface area contributed by atoms with Crippen LogP contribution in [0.5, 0.6) is 5.75 Å². The van der Waals surface area contributed by atoms with Crippen LogP contribution >= 0.6 is 0 Å². The molecule has 2 atom stereocenters. The van der Waals surface area contributed by atoms with E-state index in [4.69, 9.17) is 24.7 Å². The van der Waals surface area contributed by atoms with Crippen molar-refractivity contribution in [1.29, 1.82) is 0 Å². The molecular formula is C29H49N3O7. The van der Waals surface area contributed by atoms with Crippen LogP contribution in [0.4, 0.5) is 4.79 Å². The standard InChI is InChI=1S/C29H49N3O7/c1-27(2,3)37-22-13-11-20(12-14-22)17-23(25(34)39-29(7,8)9)31-26(35)32(15-16-36-10)19-21(18-30)24(33)38-28(4,5)6/h11-14,21,23H,15-19,30H2,1-10H3,(H,31,35)/t21-,23+/m1/s1. The second kappa shape index (κ2) is 14.5. The molecule has 1 aromatic carbocycles. The summed E-state index contributed by atoms with van der Waals surface area (Å²) in [6.45, 7) is 16.9. The average Bonchev–Trinajstić information content (AvgIpc) is 2.76. The van der Waals surface area contributed by atoms with E-state index in [1.54, 1.807) is 41.5 Å². The van der Waals surface area contributed by atoms with Gasteiger partial charge in [-0.05, 0) is 80.0 Å². The van der Waals surface area contributed by atoms with Crippen molar-refractivity contribution in [2.24, 2.45) is 11.7 Å². The Morgan fingerprint density at radius 3 is 1.87 bits per heavy atom. The molecule has 0 aliphatic heterocycles. The summed E-state index contributed by atoms with van der Waals surface area (Å²) in [5.41, 5.74) is 4.89. The van der Waals surface area contributed by atoms with Crippen LogP contribution in [0.1, 0.15) is 67.9 Å². The van der Waals surface area contributed by atoms with Crippen molar-refractivity contribution in [2.45, 2.75) is 91.6 Å². The van der Waals surface area contributed by atoms with Crippen LogP contribution < -0.4 is 15.8 Å². The molecule has 39 heavy (non-hydrogen) atoms. The summed E-state index contributed by atoms with van der Waals surface area (Å²) in [4.78, 5) is 40.7. The molecule has 2 amide bonds. The maximum atomic E-state index is 13.4. The molecule has 0 fully saturated rings. The van der Waals surface area contributed by atoms with E-state index in [2.05, 4.69) is 5.32 Å². The second-order valence-corrected chi connectivity index (χ2v) is 12.5. The van der Waals surface area contributed by atoms with Gasteiger partial charge < -0.3 is 34.9 Å². The van der Waals surface area contributed by atoms with Gasteiger partial charge in [-0.3, -0.25) is 4.79 Å². The molecule has 1 rings (SSSR count). The summed E-state index contributed by atoms with van der Waals surface area (Å²) in [6.07, 6.45) is 0.195. The number of carbonyl (C=O) groups is 3. The van der Waals surface area contributed by atoms with Gasteiger partial charge in [-0.1, -0.05) is 12.1 Å². The smallest absolute Gasteiger partial charge is 0.329 e. The molecule has 1 aromatic rings. The van der Waals surface area contributed by atoms with Crippen LogP contribution in [-0.4, -0.2) is 79.1 Å². The number of carbonyl (C=O) groups excluding carboxylic acids is 3. The van der Waals surface area contributed by atoms with Gasteiger partial charge in [0.25, 0.3) is 0 Å². The minimum absolute atomic E-state index is 0.000480. The molecule has 0 bridgehead atoms. The van der Waals surface area contributed by atoms with Crippen LogP contribution in [0, 0.1) is 5.92 Å². The fraction of sp³-hybridized carbons (Fsp3) is 0.690. The Kier molecular flexibility index (Phi) is 12.7. The van der Waals surface area contributed by atoms with E-state index in [1.165, 1.54) is 12.0 Å². The normalized spacial score (nSPS) is 13.7. The Balaban J connectivity index is 3.15. The zero-order chi connectivity index (χ0) is 30.0. The van der Waals surface area contributed by atoms with Gasteiger partial charge in [0, 0.05) is 33.2 Å². The maximum absolute atomic E-state index is 13.4. The predicted molar refractivity (Wildman–Crippen MR) is 151 cm³/mol. The summed E-state index contributed by atoms with van der Waals surface area (Å²) in [5, 5.41) is 2.80. The number of esters is 2. The number of hydrogen-bond donors (Lipinski definition) is 2. The Morgan fingerprint density at radius 1 is 0.872 bits per heavy atom. The molecule has 0 aromatic heterocycles. The van der Waals surface area contributed by atoms with Gasteiger partial charge in [-0.15, -0.1) is 0 Å². The average molecular weight is 552 g/mol. The second-order valence-electron chi connectivity index (χ2n) is 12.5. The number of ether oxygens (including phenoxy) is 4. The number of amides is 2.